The average Bonchev–Trinajstić information content (AvgIpc) is 2.86. The quantitative estimate of drug-likeness (QED) is 0.359. The Morgan fingerprint density at radius 3 is 2.56 bits per heavy atom. The molecular formula is C27H31FN4O6S. The largest absolute Gasteiger partial charge is 0.493 e. The molecule has 0 atom stereocenters. The van der Waals surface area contributed by atoms with Crippen molar-refractivity contribution in [2.75, 3.05) is 32.2 Å². The molecule has 1 fully saturated rings. The molecule has 10 nitrogen and oxygen atoms in total. The van der Waals surface area contributed by atoms with E-state index >= 15 is 0 Å². The number of nitrogens with zero attached hydrogens (tertiary/aromatic N) is 2. The molecule has 1 aliphatic heterocycles. The predicted molar refractivity (Wildman–Crippen MR) is 142 cm³/mol. The summed E-state index contributed by atoms with van der Waals surface area (Å²) in [6.45, 7) is 7.53. The zero-order valence-electron chi connectivity index (χ0n) is 21.9. The maximum absolute atomic E-state index is 14.4. The highest BCUT2D eigenvalue weighted by Gasteiger charge is 2.38. The maximum Gasteiger partial charge on any atom is 0.281 e. The minimum absolute atomic E-state index is 0.0141. The molecule has 0 spiro atoms. The molecule has 3 aromatic rings. The molecule has 0 radical (unpaired) electrons. The zero-order valence-corrected chi connectivity index (χ0v) is 22.8. The van der Waals surface area contributed by atoms with E-state index in [9.17, 15) is 17.6 Å². The number of nitrogens with two attached hydrogens (primary N) is 1. The number of hydrogen-bond donors (Lipinski definition) is 2. The van der Waals surface area contributed by atoms with Gasteiger partial charge in [-0.25, -0.2) is 19.1 Å². The molecule has 1 saturated heterocycles. The van der Waals surface area contributed by atoms with E-state index < -0.39 is 26.8 Å². The van der Waals surface area contributed by atoms with E-state index in [1.165, 1.54) is 42.5 Å². The second-order valence-corrected chi connectivity index (χ2v) is 11.5. The van der Waals surface area contributed by atoms with Gasteiger partial charge in [-0.1, -0.05) is 26.8 Å². The fraction of sp³-hybridized carbons (Fsp3) is 0.370. The first-order valence-corrected chi connectivity index (χ1v) is 13.9. The summed E-state index contributed by atoms with van der Waals surface area (Å²) in [6, 6.07) is 11.1. The molecule has 0 saturated carbocycles. The van der Waals surface area contributed by atoms with E-state index in [1.54, 1.807) is 6.07 Å². The third-order valence-corrected chi connectivity index (χ3v) is 7.42. The number of hydrogen-bond acceptors (Lipinski definition) is 9. The number of sulfonamides is 1. The van der Waals surface area contributed by atoms with Crippen molar-refractivity contribution >= 4 is 21.7 Å². The topological polar surface area (TPSA) is 143 Å². The Morgan fingerprint density at radius 1 is 1.15 bits per heavy atom. The number of pyridine rings is 2. The molecule has 3 N–H and O–H groups in total. The Balaban J connectivity index is 1.67. The number of halogens is 1. The fourth-order valence-electron chi connectivity index (χ4n) is 3.75. The van der Waals surface area contributed by atoms with Gasteiger partial charge in [0.2, 0.25) is 5.88 Å². The molecule has 1 aliphatic rings. The van der Waals surface area contributed by atoms with Crippen molar-refractivity contribution in [2.24, 2.45) is 11.3 Å². The summed E-state index contributed by atoms with van der Waals surface area (Å²) in [5.41, 5.74) is 5.94. The number of carbonyl (C=O) groups excluding carboxylic acids is 1. The molecule has 39 heavy (non-hydrogen) atoms. The molecule has 2 aromatic heterocycles. The number of anilines is 1. The van der Waals surface area contributed by atoms with Crippen LogP contribution < -0.4 is 19.9 Å². The van der Waals surface area contributed by atoms with Crippen molar-refractivity contribution in [1.82, 2.24) is 14.7 Å². The first-order valence-electron chi connectivity index (χ1n) is 12.5. The average molecular weight is 559 g/mol. The van der Waals surface area contributed by atoms with E-state index in [-0.39, 0.29) is 35.2 Å². The summed E-state index contributed by atoms with van der Waals surface area (Å²) in [5, 5.41) is -0.409. The highest BCUT2D eigenvalue weighted by Crippen LogP contribution is 2.33. The number of amides is 1. The molecular weight excluding hydrogens is 527 g/mol. The van der Waals surface area contributed by atoms with Gasteiger partial charge in [0.15, 0.2) is 5.03 Å². The van der Waals surface area contributed by atoms with Crippen molar-refractivity contribution < 1.29 is 31.8 Å². The highest BCUT2D eigenvalue weighted by atomic mass is 32.2. The van der Waals surface area contributed by atoms with Crippen molar-refractivity contribution in [2.45, 2.75) is 32.2 Å². The molecule has 1 aromatic carbocycles. The molecule has 0 bridgehead atoms. The molecule has 12 heteroatoms. The van der Waals surface area contributed by atoms with Gasteiger partial charge in [-0.3, -0.25) is 4.79 Å². The third kappa shape index (κ3) is 6.82. The van der Waals surface area contributed by atoms with E-state index in [1.807, 2.05) is 25.5 Å². The van der Waals surface area contributed by atoms with Crippen LogP contribution >= 0.6 is 0 Å². The highest BCUT2D eigenvalue weighted by molar-refractivity contribution is 7.90. The van der Waals surface area contributed by atoms with E-state index in [2.05, 4.69) is 9.97 Å². The van der Waals surface area contributed by atoms with E-state index in [0.717, 1.165) is 6.42 Å². The van der Waals surface area contributed by atoms with Gasteiger partial charge in [-0.05, 0) is 48.7 Å². The fourth-order valence-corrected chi connectivity index (χ4v) is 4.69. The lowest BCUT2D eigenvalue weighted by Crippen LogP contribution is -2.46. The van der Waals surface area contributed by atoms with E-state index in [0.29, 0.717) is 36.8 Å². The van der Waals surface area contributed by atoms with Crippen LogP contribution in [0.4, 0.5) is 10.2 Å². The lowest BCUT2D eigenvalue weighted by molar-refractivity contribution is -0.134. The van der Waals surface area contributed by atoms with Crippen LogP contribution in [0.1, 0.15) is 37.6 Å². The van der Waals surface area contributed by atoms with Crippen LogP contribution in [-0.2, 0) is 14.8 Å². The second kappa shape index (κ2) is 11.5. The smallest absolute Gasteiger partial charge is 0.281 e. The van der Waals surface area contributed by atoms with Gasteiger partial charge < -0.3 is 19.9 Å². The van der Waals surface area contributed by atoms with Crippen LogP contribution in [0, 0.1) is 17.2 Å². The second-order valence-electron chi connectivity index (χ2n) is 9.90. The summed E-state index contributed by atoms with van der Waals surface area (Å²) < 4.78 is 59.0. The van der Waals surface area contributed by atoms with Crippen LogP contribution in [0.3, 0.4) is 0 Å². The van der Waals surface area contributed by atoms with E-state index in [4.69, 9.17) is 19.9 Å². The molecule has 0 aliphatic carbocycles. The van der Waals surface area contributed by atoms with Gasteiger partial charge in [-0.15, -0.1) is 0 Å². The van der Waals surface area contributed by atoms with Crippen LogP contribution in [0.15, 0.2) is 53.6 Å². The number of nitrogen functional groups attached to an aromatic ring is 1. The van der Waals surface area contributed by atoms with Crippen LogP contribution in [-0.4, -0.2) is 50.7 Å². The molecule has 4 rings (SSSR count). The van der Waals surface area contributed by atoms with Crippen molar-refractivity contribution in [3.8, 4) is 22.9 Å². The van der Waals surface area contributed by atoms with Gasteiger partial charge in [-0.2, -0.15) is 8.42 Å². The van der Waals surface area contributed by atoms with Gasteiger partial charge in [0.05, 0.1) is 37.5 Å². The van der Waals surface area contributed by atoms with Crippen molar-refractivity contribution in [1.29, 1.82) is 0 Å². The summed E-state index contributed by atoms with van der Waals surface area (Å²) in [7, 11) is -4.34. The first-order chi connectivity index (χ1) is 18.5. The summed E-state index contributed by atoms with van der Waals surface area (Å²) in [5.74, 6) is -1.03. The minimum atomic E-state index is -4.34. The summed E-state index contributed by atoms with van der Waals surface area (Å²) in [4.78, 5) is 21.4. The number of benzene rings is 1. The number of nitrogens with one attached hydrogen (secondary N) is 1. The van der Waals surface area contributed by atoms with Crippen LogP contribution in [0.2, 0.25) is 0 Å². The zero-order chi connectivity index (χ0) is 28.2. The molecule has 3 heterocycles. The predicted octanol–water partition coefficient (Wildman–Crippen LogP) is 3.82. The van der Waals surface area contributed by atoms with Gasteiger partial charge in [0.25, 0.3) is 15.9 Å². The Morgan fingerprint density at radius 2 is 1.92 bits per heavy atom. The van der Waals surface area contributed by atoms with Gasteiger partial charge in [0, 0.05) is 11.6 Å². The molecule has 0 unspecified atom stereocenters. The van der Waals surface area contributed by atoms with Crippen molar-refractivity contribution in [3.05, 3.63) is 59.9 Å². The number of carbonyl (C=O) groups is 1. The maximum atomic E-state index is 14.4. The van der Waals surface area contributed by atoms with Gasteiger partial charge >= 0.3 is 0 Å². The summed E-state index contributed by atoms with van der Waals surface area (Å²) in [6.07, 6.45) is 0.768. The normalized spacial score (nSPS) is 14.5. The Bertz CT molecular complexity index is 1450. The Kier molecular flexibility index (Phi) is 8.36. The first kappa shape index (κ1) is 28.2. The standard InChI is InChI=1S/C27H31FN4O6S/c1-4-27(14-36-15-27)16-38-26-21(25(33)32-39(34,35)24-7-5-6-23(29)31-24)8-9-22(30-26)18-10-19(28)12-20(11-18)37-13-17(2)3/h5-12,17H,4,13-16H2,1-3H3,(H2,29,31)(H,32,33). The lowest BCUT2D eigenvalue weighted by Gasteiger charge is -2.40. The number of rotatable bonds is 11. The number of aromatic nitrogens is 2. The Labute approximate surface area is 226 Å². The monoisotopic (exact) mass is 558 g/mol. The van der Waals surface area contributed by atoms with Crippen molar-refractivity contribution in [3.63, 3.8) is 0 Å². The molecule has 1 amide bonds. The lowest BCUT2D eigenvalue weighted by atomic mass is 9.84. The minimum Gasteiger partial charge on any atom is -0.493 e. The Hall–Kier alpha value is -3.77. The van der Waals surface area contributed by atoms with Crippen LogP contribution in [0.5, 0.6) is 11.6 Å². The molecule has 208 valence electrons. The summed E-state index contributed by atoms with van der Waals surface area (Å²) >= 11 is 0. The van der Waals surface area contributed by atoms with Gasteiger partial charge in [0.1, 0.15) is 22.9 Å². The SMILES string of the molecule is CCC1(COc2nc(-c3cc(F)cc(OCC(C)C)c3)ccc2C(=O)NS(=O)(=O)c2cccc(N)n2)COC1. The third-order valence-electron chi connectivity index (χ3n) is 6.18. The number of ether oxygens (including phenoxy) is 3. The van der Waals surface area contributed by atoms with Crippen LogP contribution in [0.25, 0.3) is 11.3 Å².